The summed E-state index contributed by atoms with van der Waals surface area (Å²) < 4.78 is 32.2. The minimum Gasteiger partial charge on any atom is -0.748 e. The van der Waals surface area contributed by atoms with Crippen LogP contribution in [0.1, 0.15) is 5.56 Å². The molecule has 0 saturated carbocycles. The van der Waals surface area contributed by atoms with Gasteiger partial charge in [-0.05, 0) is 18.2 Å². The number of amides is 1. The van der Waals surface area contributed by atoms with Crippen molar-refractivity contribution in [1.82, 2.24) is 4.90 Å². The van der Waals surface area contributed by atoms with Crippen LogP contribution >= 0.6 is 47.2 Å². The second-order valence-corrected chi connectivity index (χ2v) is 8.24. The van der Waals surface area contributed by atoms with Crippen molar-refractivity contribution in [3.8, 4) is 0 Å². The van der Waals surface area contributed by atoms with Crippen molar-refractivity contribution in [3.05, 3.63) is 38.7 Å². The molecular weight excluding hydrogens is 389 g/mol. The highest BCUT2D eigenvalue weighted by Gasteiger charge is 2.32. The number of carbonyl (C=O) groups excluding carboxylic acids is 1. The van der Waals surface area contributed by atoms with Gasteiger partial charge in [0.25, 0.3) is 5.91 Å². The van der Waals surface area contributed by atoms with Gasteiger partial charge in [-0.3, -0.25) is 9.69 Å². The number of benzene rings is 1. The third-order valence-electron chi connectivity index (χ3n) is 2.71. The quantitative estimate of drug-likeness (QED) is 0.442. The van der Waals surface area contributed by atoms with Crippen molar-refractivity contribution in [3.63, 3.8) is 0 Å². The maximum Gasteiger partial charge on any atom is 0.266 e. The fourth-order valence-corrected chi connectivity index (χ4v) is 3.88. The van der Waals surface area contributed by atoms with Crippen molar-refractivity contribution in [1.29, 1.82) is 0 Å². The Labute approximate surface area is 147 Å². The molecule has 1 aliphatic heterocycles. The topological polar surface area (TPSA) is 77.5 Å². The highest BCUT2D eigenvalue weighted by molar-refractivity contribution is 8.26. The lowest BCUT2D eigenvalue weighted by Crippen LogP contribution is -2.32. The molecule has 118 valence electrons. The first kappa shape index (κ1) is 17.7. The van der Waals surface area contributed by atoms with Gasteiger partial charge in [0.15, 0.2) is 0 Å². The smallest absolute Gasteiger partial charge is 0.266 e. The Morgan fingerprint density at radius 1 is 1.32 bits per heavy atom. The van der Waals surface area contributed by atoms with Crippen LogP contribution in [0.4, 0.5) is 0 Å². The standard InChI is InChI=1S/C12H9Cl2NO4S3/c13-8-2-1-3-9(14)7(8)6-10-11(16)15(12(20)21-10)4-5-22(17,18)19/h1-3,6H,4-5H2,(H,17,18,19)/p-1/b10-6-. The molecule has 0 unspecified atom stereocenters. The molecule has 2 rings (SSSR count). The molecule has 22 heavy (non-hydrogen) atoms. The van der Waals surface area contributed by atoms with Gasteiger partial charge in [0.1, 0.15) is 4.32 Å². The number of thiocarbonyl (C=S) groups is 1. The fraction of sp³-hybridized carbons (Fsp3) is 0.167. The molecule has 0 radical (unpaired) electrons. The summed E-state index contributed by atoms with van der Waals surface area (Å²) in [4.78, 5) is 13.6. The Morgan fingerprint density at radius 3 is 2.45 bits per heavy atom. The summed E-state index contributed by atoms with van der Waals surface area (Å²) in [6, 6.07) is 4.93. The van der Waals surface area contributed by atoms with Gasteiger partial charge >= 0.3 is 0 Å². The van der Waals surface area contributed by atoms with E-state index in [-0.39, 0.29) is 15.8 Å². The van der Waals surface area contributed by atoms with Crippen LogP contribution in [0.25, 0.3) is 6.08 Å². The zero-order valence-electron chi connectivity index (χ0n) is 10.8. The Bertz CT molecular complexity index is 756. The van der Waals surface area contributed by atoms with E-state index < -0.39 is 21.8 Å². The normalized spacial score (nSPS) is 17.6. The van der Waals surface area contributed by atoms with Gasteiger partial charge < -0.3 is 4.55 Å². The average molecular weight is 397 g/mol. The monoisotopic (exact) mass is 396 g/mol. The summed E-state index contributed by atoms with van der Waals surface area (Å²) >= 11 is 18.1. The van der Waals surface area contributed by atoms with E-state index in [1.807, 2.05) is 0 Å². The van der Waals surface area contributed by atoms with Crippen molar-refractivity contribution in [2.75, 3.05) is 12.3 Å². The Morgan fingerprint density at radius 2 is 1.91 bits per heavy atom. The first-order valence-electron chi connectivity index (χ1n) is 5.82. The van der Waals surface area contributed by atoms with E-state index in [1.165, 1.54) is 6.08 Å². The van der Waals surface area contributed by atoms with Crippen LogP contribution in [-0.4, -0.2) is 40.4 Å². The van der Waals surface area contributed by atoms with Crippen LogP contribution in [-0.2, 0) is 14.9 Å². The van der Waals surface area contributed by atoms with Crippen LogP contribution in [0.15, 0.2) is 23.1 Å². The third kappa shape index (κ3) is 4.21. The maximum absolute atomic E-state index is 12.2. The highest BCUT2D eigenvalue weighted by Crippen LogP contribution is 2.35. The second kappa shape index (κ2) is 6.86. The van der Waals surface area contributed by atoms with Crippen molar-refractivity contribution in [2.24, 2.45) is 0 Å². The van der Waals surface area contributed by atoms with Crippen LogP contribution in [0.3, 0.4) is 0 Å². The second-order valence-electron chi connectivity index (χ2n) is 4.23. The van der Waals surface area contributed by atoms with E-state index in [9.17, 15) is 17.8 Å². The zero-order chi connectivity index (χ0) is 16.5. The first-order valence-corrected chi connectivity index (χ1v) is 9.38. The van der Waals surface area contributed by atoms with E-state index in [4.69, 9.17) is 35.4 Å². The van der Waals surface area contributed by atoms with Crippen LogP contribution in [0.2, 0.25) is 10.0 Å². The van der Waals surface area contributed by atoms with Crippen LogP contribution in [0, 0.1) is 0 Å². The molecule has 0 atom stereocenters. The van der Waals surface area contributed by atoms with E-state index >= 15 is 0 Å². The lowest BCUT2D eigenvalue weighted by atomic mass is 10.2. The predicted molar refractivity (Wildman–Crippen MR) is 90.9 cm³/mol. The Balaban J connectivity index is 2.26. The largest absolute Gasteiger partial charge is 0.748 e. The number of rotatable bonds is 4. The summed E-state index contributed by atoms with van der Waals surface area (Å²) in [6.45, 7) is -0.274. The summed E-state index contributed by atoms with van der Waals surface area (Å²) in [7, 11) is -4.42. The molecule has 10 heteroatoms. The lowest BCUT2D eigenvalue weighted by molar-refractivity contribution is -0.121. The number of nitrogens with zero attached hydrogens (tertiary/aromatic N) is 1. The van der Waals surface area contributed by atoms with Gasteiger partial charge in [0.2, 0.25) is 0 Å². The molecule has 1 fully saturated rings. The predicted octanol–water partition coefficient (Wildman–Crippen LogP) is 2.74. The van der Waals surface area contributed by atoms with Gasteiger partial charge in [0.05, 0.1) is 20.8 Å². The molecule has 1 aromatic carbocycles. The summed E-state index contributed by atoms with van der Waals surface area (Å²) in [6.07, 6.45) is 1.50. The maximum atomic E-state index is 12.2. The summed E-state index contributed by atoms with van der Waals surface area (Å²) in [5.74, 6) is -1.17. The molecule has 1 aromatic rings. The molecule has 1 amide bonds. The number of halogens is 2. The average Bonchev–Trinajstić information content (AvgIpc) is 2.66. The van der Waals surface area contributed by atoms with Crippen LogP contribution < -0.4 is 0 Å². The molecule has 0 spiro atoms. The van der Waals surface area contributed by atoms with Gasteiger partial charge in [-0.2, -0.15) is 0 Å². The van der Waals surface area contributed by atoms with E-state index in [0.717, 1.165) is 16.7 Å². The Hall–Kier alpha value is -0.640. The van der Waals surface area contributed by atoms with E-state index in [2.05, 4.69) is 0 Å². The third-order valence-corrected chi connectivity index (χ3v) is 5.43. The molecule has 0 aromatic heterocycles. The minimum atomic E-state index is -4.42. The van der Waals surface area contributed by atoms with E-state index in [1.54, 1.807) is 18.2 Å². The van der Waals surface area contributed by atoms with Crippen molar-refractivity contribution in [2.45, 2.75) is 0 Å². The highest BCUT2D eigenvalue weighted by atomic mass is 35.5. The molecule has 0 bridgehead atoms. The van der Waals surface area contributed by atoms with Crippen molar-refractivity contribution >= 4 is 73.6 Å². The molecular formula is C12H8Cl2NO4S3-. The SMILES string of the molecule is O=C1/C(=C/c2c(Cl)cccc2Cl)SC(=S)N1CCS(=O)(=O)[O-]. The Kier molecular flexibility index (Phi) is 5.52. The summed E-state index contributed by atoms with van der Waals surface area (Å²) in [5, 5.41) is 0.750. The minimum absolute atomic E-state index is 0.183. The lowest BCUT2D eigenvalue weighted by Gasteiger charge is -2.15. The first-order chi connectivity index (χ1) is 10.2. The molecule has 0 N–H and O–H groups in total. The molecule has 1 heterocycles. The number of hydrogen-bond donors (Lipinski definition) is 0. The van der Waals surface area contributed by atoms with E-state index in [0.29, 0.717) is 15.6 Å². The van der Waals surface area contributed by atoms with Gasteiger partial charge in [0, 0.05) is 22.2 Å². The summed E-state index contributed by atoms with van der Waals surface area (Å²) in [5.41, 5.74) is 0.475. The van der Waals surface area contributed by atoms with Crippen molar-refractivity contribution < 1.29 is 17.8 Å². The van der Waals surface area contributed by atoms with Gasteiger partial charge in [-0.15, -0.1) is 0 Å². The molecule has 1 aliphatic rings. The van der Waals surface area contributed by atoms with Crippen LogP contribution in [0.5, 0.6) is 0 Å². The number of hydrogen-bond acceptors (Lipinski definition) is 6. The fourth-order valence-electron chi connectivity index (χ4n) is 1.68. The molecule has 0 aliphatic carbocycles. The molecule has 5 nitrogen and oxygen atoms in total. The zero-order valence-corrected chi connectivity index (χ0v) is 14.7. The molecule has 1 saturated heterocycles. The number of thioether (sulfide) groups is 1. The number of carbonyl (C=O) groups is 1. The van der Waals surface area contributed by atoms with Gasteiger partial charge in [-0.1, -0.05) is 53.2 Å². The van der Waals surface area contributed by atoms with Gasteiger partial charge in [-0.25, -0.2) is 8.42 Å².